The average molecular weight is 284 g/mol. The van der Waals surface area contributed by atoms with E-state index in [9.17, 15) is 9.59 Å². The first-order valence-corrected chi connectivity index (χ1v) is 7.24. The van der Waals surface area contributed by atoms with Crippen molar-refractivity contribution in [1.82, 2.24) is 9.80 Å². The standard InChI is InChI=1S/C14H24N2O4/c1-14(2,3)20-12(17)11-5-4-6-16(11)13(18)15-7-9-19-10-8-15/h11H,4-10H2,1-3H3/t11-/m0/s1. The second-order valence-electron chi connectivity index (χ2n) is 6.27. The summed E-state index contributed by atoms with van der Waals surface area (Å²) in [5, 5.41) is 0. The van der Waals surface area contributed by atoms with Crippen LogP contribution in [0, 0.1) is 0 Å². The Morgan fingerprint density at radius 3 is 2.40 bits per heavy atom. The van der Waals surface area contributed by atoms with Crippen LogP contribution in [0.2, 0.25) is 0 Å². The lowest BCUT2D eigenvalue weighted by Crippen LogP contribution is -2.52. The smallest absolute Gasteiger partial charge is 0.329 e. The predicted octanol–water partition coefficient (Wildman–Crippen LogP) is 1.24. The topological polar surface area (TPSA) is 59.1 Å². The number of esters is 1. The molecule has 2 rings (SSSR count). The first-order chi connectivity index (χ1) is 9.38. The van der Waals surface area contributed by atoms with Crippen molar-refractivity contribution >= 4 is 12.0 Å². The number of ether oxygens (including phenoxy) is 2. The van der Waals surface area contributed by atoms with Crippen molar-refractivity contribution < 1.29 is 19.1 Å². The van der Waals surface area contributed by atoms with Crippen molar-refractivity contribution in [3.05, 3.63) is 0 Å². The summed E-state index contributed by atoms with van der Waals surface area (Å²) in [4.78, 5) is 28.1. The summed E-state index contributed by atoms with van der Waals surface area (Å²) in [5.74, 6) is -0.295. The first-order valence-electron chi connectivity index (χ1n) is 7.24. The van der Waals surface area contributed by atoms with Crippen molar-refractivity contribution in [1.29, 1.82) is 0 Å². The molecule has 2 amide bonds. The van der Waals surface area contributed by atoms with Gasteiger partial charge in [-0.2, -0.15) is 0 Å². The van der Waals surface area contributed by atoms with Gasteiger partial charge >= 0.3 is 12.0 Å². The van der Waals surface area contributed by atoms with Crippen LogP contribution in [0.5, 0.6) is 0 Å². The monoisotopic (exact) mass is 284 g/mol. The number of amides is 2. The van der Waals surface area contributed by atoms with Gasteiger partial charge in [-0.05, 0) is 33.6 Å². The third-order valence-corrected chi connectivity index (χ3v) is 3.46. The lowest BCUT2D eigenvalue weighted by molar-refractivity contribution is -0.159. The van der Waals surface area contributed by atoms with E-state index in [2.05, 4.69) is 0 Å². The first kappa shape index (κ1) is 15.1. The lowest BCUT2D eigenvalue weighted by Gasteiger charge is -2.34. The van der Waals surface area contributed by atoms with Gasteiger partial charge in [-0.25, -0.2) is 9.59 Å². The van der Waals surface area contributed by atoms with E-state index >= 15 is 0 Å². The molecule has 0 radical (unpaired) electrons. The predicted molar refractivity (Wildman–Crippen MR) is 73.4 cm³/mol. The minimum atomic E-state index is -0.520. The Morgan fingerprint density at radius 1 is 1.15 bits per heavy atom. The molecule has 0 aromatic rings. The molecule has 0 aromatic heterocycles. The van der Waals surface area contributed by atoms with E-state index in [1.54, 1.807) is 9.80 Å². The van der Waals surface area contributed by atoms with Gasteiger partial charge in [0.05, 0.1) is 13.2 Å². The Labute approximate surface area is 120 Å². The summed E-state index contributed by atoms with van der Waals surface area (Å²) in [6, 6.07) is -0.508. The highest BCUT2D eigenvalue weighted by Crippen LogP contribution is 2.22. The molecule has 20 heavy (non-hydrogen) atoms. The molecule has 0 aromatic carbocycles. The van der Waals surface area contributed by atoms with Crippen molar-refractivity contribution in [3.8, 4) is 0 Å². The SMILES string of the molecule is CC(C)(C)OC(=O)[C@@H]1CCCN1C(=O)N1CCOCC1. The second kappa shape index (κ2) is 5.99. The van der Waals surface area contributed by atoms with E-state index in [4.69, 9.17) is 9.47 Å². The fourth-order valence-corrected chi connectivity index (χ4v) is 2.55. The summed E-state index contributed by atoms with van der Waals surface area (Å²) in [6.45, 7) is 8.47. The van der Waals surface area contributed by atoms with Crippen LogP contribution in [0.15, 0.2) is 0 Å². The number of urea groups is 1. The number of hydrogen-bond acceptors (Lipinski definition) is 4. The van der Waals surface area contributed by atoms with Crippen LogP contribution in [-0.2, 0) is 14.3 Å². The van der Waals surface area contributed by atoms with Crippen LogP contribution >= 0.6 is 0 Å². The number of morpholine rings is 1. The largest absolute Gasteiger partial charge is 0.458 e. The Hall–Kier alpha value is -1.30. The number of rotatable bonds is 1. The van der Waals surface area contributed by atoms with Crippen molar-refractivity contribution in [2.75, 3.05) is 32.8 Å². The fourth-order valence-electron chi connectivity index (χ4n) is 2.55. The molecule has 0 unspecified atom stereocenters. The Bertz CT molecular complexity index is 372. The van der Waals surface area contributed by atoms with Crippen LogP contribution in [0.3, 0.4) is 0 Å². The highest BCUT2D eigenvalue weighted by atomic mass is 16.6. The minimum absolute atomic E-state index is 0.0679. The van der Waals surface area contributed by atoms with Crippen molar-refractivity contribution in [3.63, 3.8) is 0 Å². The third-order valence-electron chi connectivity index (χ3n) is 3.46. The number of likely N-dealkylation sites (tertiary alicyclic amines) is 1. The summed E-state index contributed by atoms with van der Waals surface area (Å²) in [5.41, 5.74) is -0.520. The molecule has 0 N–H and O–H groups in total. The normalized spacial score (nSPS) is 23.9. The van der Waals surface area contributed by atoms with Gasteiger partial charge in [-0.1, -0.05) is 0 Å². The Kier molecular flexibility index (Phi) is 4.52. The molecular formula is C14H24N2O4. The van der Waals surface area contributed by atoms with Gasteiger partial charge in [-0.3, -0.25) is 0 Å². The van der Waals surface area contributed by atoms with Crippen LogP contribution < -0.4 is 0 Å². The van der Waals surface area contributed by atoms with E-state index in [-0.39, 0.29) is 12.0 Å². The van der Waals surface area contributed by atoms with Gasteiger partial charge in [0, 0.05) is 19.6 Å². The van der Waals surface area contributed by atoms with Gasteiger partial charge in [0.15, 0.2) is 0 Å². The fraction of sp³-hybridized carbons (Fsp3) is 0.857. The van der Waals surface area contributed by atoms with E-state index < -0.39 is 11.6 Å². The summed E-state index contributed by atoms with van der Waals surface area (Å²) in [7, 11) is 0. The van der Waals surface area contributed by atoms with E-state index in [1.165, 1.54) is 0 Å². The summed E-state index contributed by atoms with van der Waals surface area (Å²) >= 11 is 0. The maximum atomic E-state index is 12.5. The number of carbonyl (C=O) groups is 2. The highest BCUT2D eigenvalue weighted by Gasteiger charge is 2.38. The van der Waals surface area contributed by atoms with E-state index in [0.717, 1.165) is 6.42 Å². The molecule has 0 spiro atoms. The maximum Gasteiger partial charge on any atom is 0.329 e. The molecule has 6 heteroatoms. The lowest BCUT2D eigenvalue weighted by atomic mass is 10.1. The molecular weight excluding hydrogens is 260 g/mol. The van der Waals surface area contributed by atoms with Crippen LogP contribution in [0.1, 0.15) is 33.6 Å². The van der Waals surface area contributed by atoms with E-state index in [1.807, 2.05) is 20.8 Å². The molecule has 0 bridgehead atoms. The minimum Gasteiger partial charge on any atom is -0.458 e. The van der Waals surface area contributed by atoms with Crippen LogP contribution in [0.4, 0.5) is 4.79 Å². The van der Waals surface area contributed by atoms with Gasteiger partial charge in [0.25, 0.3) is 0 Å². The number of nitrogens with zero attached hydrogens (tertiary/aromatic N) is 2. The molecule has 2 aliphatic heterocycles. The zero-order chi connectivity index (χ0) is 14.8. The highest BCUT2D eigenvalue weighted by molar-refractivity contribution is 5.84. The van der Waals surface area contributed by atoms with Crippen molar-refractivity contribution in [2.45, 2.75) is 45.3 Å². The Morgan fingerprint density at radius 2 is 1.80 bits per heavy atom. The van der Waals surface area contributed by atoms with Gasteiger partial charge in [-0.15, -0.1) is 0 Å². The molecule has 0 saturated carbocycles. The van der Waals surface area contributed by atoms with Crippen molar-refractivity contribution in [2.24, 2.45) is 0 Å². The molecule has 2 heterocycles. The van der Waals surface area contributed by atoms with Gasteiger partial charge < -0.3 is 19.3 Å². The maximum absolute atomic E-state index is 12.5. The van der Waals surface area contributed by atoms with Crippen LogP contribution in [-0.4, -0.2) is 66.3 Å². The quantitative estimate of drug-likeness (QED) is 0.680. The molecule has 114 valence electrons. The summed E-state index contributed by atoms with van der Waals surface area (Å²) in [6.07, 6.45) is 1.53. The van der Waals surface area contributed by atoms with Gasteiger partial charge in [0.1, 0.15) is 11.6 Å². The molecule has 1 atom stereocenters. The molecule has 2 fully saturated rings. The molecule has 2 saturated heterocycles. The van der Waals surface area contributed by atoms with Gasteiger partial charge in [0.2, 0.25) is 0 Å². The van der Waals surface area contributed by atoms with E-state index in [0.29, 0.717) is 39.3 Å². The zero-order valence-corrected chi connectivity index (χ0v) is 12.6. The molecule has 0 aliphatic carbocycles. The Balaban J connectivity index is 1.99. The number of hydrogen-bond donors (Lipinski definition) is 0. The molecule has 2 aliphatic rings. The van der Waals surface area contributed by atoms with Crippen LogP contribution in [0.25, 0.3) is 0 Å². The third kappa shape index (κ3) is 3.62. The summed E-state index contributed by atoms with van der Waals surface area (Å²) < 4.78 is 10.7. The molecule has 6 nitrogen and oxygen atoms in total. The average Bonchev–Trinajstić information content (AvgIpc) is 2.86. The zero-order valence-electron chi connectivity index (χ0n) is 12.6. The number of carbonyl (C=O) groups excluding carboxylic acids is 2. The second-order valence-corrected chi connectivity index (χ2v) is 6.27.